The third-order valence-electron chi connectivity index (χ3n) is 0.368. The van der Waals surface area contributed by atoms with Gasteiger partial charge in [0.05, 0.1) is 0 Å². The summed E-state index contributed by atoms with van der Waals surface area (Å²) in [6.07, 6.45) is 0. The topological polar surface area (TPSA) is 0 Å². The van der Waals surface area contributed by atoms with Gasteiger partial charge in [-0.2, -0.15) is 0 Å². The van der Waals surface area contributed by atoms with Crippen LogP contribution < -0.4 is 0 Å². The molecule has 0 aromatic heterocycles. The molecule has 0 N–H and O–H groups in total. The molecule has 0 aromatic rings. The van der Waals surface area contributed by atoms with Crippen molar-refractivity contribution in [2.24, 2.45) is 0 Å². The summed E-state index contributed by atoms with van der Waals surface area (Å²) >= 11 is -1.78. The van der Waals surface area contributed by atoms with E-state index in [1.165, 1.54) is 0 Å². The van der Waals surface area contributed by atoms with Crippen molar-refractivity contribution in [1.29, 1.82) is 0 Å². The van der Waals surface area contributed by atoms with Crippen LogP contribution in [-0.4, -0.2) is 9.36 Å². The minimum atomic E-state index is -1.78. The molecule has 0 bridgehead atoms. The van der Waals surface area contributed by atoms with Crippen molar-refractivity contribution in [1.82, 2.24) is 0 Å². The zero-order valence-corrected chi connectivity index (χ0v) is 5.62. The molecule has 0 aliphatic carbocycles. The molecule has 0 rings (SSSR count). The van der Waals surface area contributed by atoms with Crippen molar-refractivity contribution in [2.45, 2.75) is 6.92 Å². The van der Waals surface area contributed by atoms with Crippen molar-refractivity contribution in [3.63, 3.8) is 0 Å². The van der Waals surface area contributed by atoms with Gasteiger partial charge in [0.2, 0.25) is 0 Å². The molecule has 34 valence electrons. The normalized spacial score (nSPS) is 11.4. The van der Waals surface area contributed by atoms with Gasteiger partial charge in [-0.05, 0) is 0 Å². The SMILES string of the molecule is CCI(C)F. The molecule has 0 atom stereocenters. The fourth-order valence-electron chi connectivity index (χ4n) is 0. The van der Waals surface area contributed by atoms with Crippen molar-refractivity contribution in [3.05, 3.63) is 0 Å². The van der Waals surface area contributed by atoms with Crippen LogP contribution in [0.3, 0.4) is 0 Å². The predicted octanol–water partition coefficient (Wildman–Crippen LogP) is 2.03. The summed E-state index contributed by atoms with van der Waals surface area (Å²) in [5.74, 6) is 0. The minimum absolute atomic E-state index is 0.796. The van der Waals surface area contributed by atoms with Crippen molar-refractivity contribution >= 4 is 20.4 Å². The molecule has 0 spiro atoms. The summed E-state index contributed by atoms with van der Waals surface area (Å²) < 4.78 is 12.4. The number of hydrogen-bond donors (Lipinski definition) is 0. The Morgan fingerprint density at radius 2 is 2.00 bits per heavy atom. The average Bonchev–Trinajstić information content (AvgIpc) is 1.38. The van der Waals surface area contributed by atoms with E-state index in [1.54, 1.807) is 4.93 Å². The van der Waals surface area contributed by atoms with Gasteiger partial charge in [-0.3, -0.25) is 0 Å². The first-order valence-electron chi connectivity index (χ1n) is 1.50. The molecule has 2 heteroatoms. The van der Waals surface area contributed by atoms with E-state index in [0.29, 0.717) is 0 Å². The summed E-state index contributed by atoms with van der Waals surface area (Å²) in [6, 6.07) is 0. The average molecular weight is 190 g/mol. The molecular formula is C3H8FI. The van der Waals surface area contributed by atoms with Gasteiger partial charge in [-0.25, -0.2) is 0 Å². The van der Waals surface area contributed by atoms with Crippen LogP contribution >= 0.6 is 20.4 Å². The number of halogens is 2. The standard InChI is InChI=1S/C3H8FI/c1-3-5(2)4/h3H2,1-2H3. The molecule has 0 amide bonds. The van der Waals surface area contributed by atoms with Crippen LogP contribution in [0.25, 0.3) is 0 Å². The zero-order chi connectivity index (χ0) is 4.28. The number of rotatable bonds is 1. The Hall–Kier alpha value is 0.660. The van der Waals surface area contributed by atoms with Crippen LogP contribution in [0.5, 0.6) is 0 Å². The second kappa shape index (κ2) is 2.87. The molecule has 0 saturated heterocycles. The molecule has 0 fully saturated rings. The molecule has 0 aliphatic rings. The quantitative estimate of drug-likeness (QED) is 0.438. The van der Waals surface area contributed by atoms with Crippen LogP contribution in [0.15, 0.2) is 0 Å². The first kappa shape index (κ1) is 5.66. The van der Waals surface area contributed by atoms with Gasteiger partial charge < -0.3 is 0 Å². The summed E-state index contributed by atoms with van der Waals surface area (Å²) in [7, 11) is 0. The summed E-state index contributed by atoms with van der Waals surface area (Å²) in [6.45, 7) is 1.89. The molecule has 0 aromatic carbocycles. The van der Waals surface area contributed by atoms with Gasteiger partial charge in [0, 0.05) is 0 Å². The second-order valence-corrected chi connectivity index (χ2v) is 5.22. The van der Waals surface area contributed by atoms with E-state index >= 15 is 0 Å². The first-order valence-corrected chi connectivity index (χ1v) is 5.99. The Labute approximate surface area is 39.9 Å². The summed E-state index contributed by atoms with van der Waals surface area (Å²) in [5, 5.41) is 0. The van der Waals surface area contributed by atoms with Crippen LogP contribution in [0.1, 0.15) is 6.92 Å². The van der Waals surface area contributed by atoms with Crippen LogP contribution in [0, 0.1) is 0 Å². The second-order valence-electron chi connectivity index (χ2n) is 0.778. The van der Waals surface area contributed by atoms with Gasteiger partial charge in [0.15, 0.2) is 0 Å². The third kappa shape index (κ3) is 4.66. The van der Waals surface area contributed by atoms with Crippen LogP contribution in [0.4, 0.5) is 2.86 Å². The van der Waals surface area contributed by atoms with E-state index < -0.39 is 20.4 Å². The predicted molar refractivity (Wildman–Crippen MR) is 31.6 cm³/mol. The Morgan fingerprint density at radius 3 is 2.00 bits per heavy atom. The van der Waals surface area contributed by atoms with Crippen molar-refractivity contribution < 1.29 is 2.86 Å². The van der Waals surface area contributed by atoms with Gasteiger partial charge in [-0.15, -0.1) is 0 Å². The van der Waals surface area contributed by atoms with E-state index in [2.05, 4.69) is 0 Å². The Balaban J connectivity index is 2.54. The number of hydrogen-bond acceptors (Lipinski definition) is 0. The first-order chi connectivity index (χ1) is 2.27. The fourth-order valence-corrected chi connectivity index (χ4v) is 0. The molecule has 0 aliphatic heterocycles. The monoisotopic (exact) mass is 190 g/mol. The Bertz CT molecular complexity index is 20.9. The van der Waals surface area contributed by atoms with Gasteiger partial charge in [-0.1, -0.05) is 0 Å². The molecule has 0 radical (unpaired) electrons. The van der Waals surface area contributed by atoms with E-state index in [9.17, 15) is 2.86 Å². The molecule has 0 unspecified atom stereocenters. The summed E-state index contributed by atoms with van der Waals surface area (Å²) in [5.41, 5.74) is 0. The number of alkyl halides is 2. The van der Waals surface area contributed by atoms with Crippen molar-refractivity contribution in [2.75, 3.05) is 9.36 Å². The molecule has 0 nitrogen and oxygen atoms in total. The molecule has 0 heterocycles. The van der Waals surface area contributed by atoms with Gasteiger partial charge in [0.25, 0.3) is 0 Å². The van der Waals surface area contributed by atoms with Crippen LogP contribution in [0.2, 0.25) is 0 Å². The molecule has 0 saturated carbocycles. The third-order valence-corrected chi connectivity index (χ3v) is 2.47. The Kier molecular flexibility index (Phi) is 3.25. The van der Waals surface area contributed by atoms with E-state index in [-0.39, 0.29) is 0 Å². The van der Waals surface area contributed by atoms with E-state index in [4.69, 9.17) is 0 Å². The van der Waals surface area contributed by atoms with Gasteiger partial charge >= 0.3 is 39.5 Å². The summed E-state index contributed by atoms with van der Waals surface area (Å²) in [4.78, 5) is 1.71. The van der Waals surface area contributed by atoms with E-state index in [1.807, 2.05) is 6.92 Å². The fraction of sp³-hybridized carbons (Fsp3) is 1.00. The zero-order valence-electron chi connectivity index (χ0n) is 3.46. The Morgan fingerprint density at radius 1 is 1.80 bits per heavy atom. The maximum atomic E-state index is 11.6. The van der Waals surface area contributed by atoms with Crippen molar-refractivity contribution in [3.8, 4) is 0 Å². The maximum absolute atomic E-state index is 11.6. The molecular weight excluding hydrogens is 182 g/mol. The van der Waals surface area contributed by atoms with Gasteiger partial charge in [0.1, 0.15) is 0 Å². The molecule has 5 heavy (non-hydrogen) atoms. The van der Waals surface area contributed by atoms with Crippen LogP contribution in [-0.2, 0) is 0 Å². The van der Waals surface area contributed by atoms with E-state index in [0.717, 1.165) is 4.43 Å².